The summed E-state index contributed by atoms with van der Waals surface area (Å²) in [5, 5.41) is 3.06. The molecule has 0 amide bonds. The summed E-state index contributed by atoms with van der Waals surface area (Å²) >= 11 is 0. The Morgan fingerprint density at radius 2 is 1.85 bits per heavy atom. The number of aliphatic imine (C=N–C) groups is 1. The molecule has 0 bridgehead atoms. The highest BCUT2D eigenvalue weighted by atomic mass is 16.5. The minimum absolute atomic E-state index is 0.282. The topological polar surface area (TPSA) is 81.3 Å². The van der Waals surface area contributed by atoms with Gasteiger partial charge in [0, 0.05) is 18.2 Å². The number of likely N-dealkylation sites (N-methyl/N-ethyl adjacent to an activating group) is 1. The molecule has 7 heteroatoms. The largest absolute Gasteiger partial charge is 0.497 e. The molecule has 0 aliphatic carbocycles. The van der Waals surface area contributed by atoms with Gasteiger partial charge in [-0.25, -0.2) is 4.99 Å². The molecular weight excluding hydrogens is 344 g/mol. The summed E-state index contributed by atoms with van der Waals surface area (Å²) in [7, 11) is 7.23. The first kappa shape index (κ1) is 20.4. The van der Waals surface area contributed by atoms with E-state index in [1.165, 1.54) is 0 Å². The zero-order valence-corrected chi connectivity index (χ0v) is 16.4. The molecule has 0 spiro atoms. The number of guanidine groups is 1. The van der Waals surface area contributed by atoms with E-state index in [0.29, 0.717) is 30.3 Å². The van der Waals surface area contributed by atoms with Gasteiger partial charge in [-0.15, -0.1) is 0 Å². The maximum absolute atomic E-state index is 6.05. The van der Waals surface area contributed by atoms with Crippen LogP contribution in [0.2, 0.25) is 0 Å². The smallest absolute Gasteiger partial charge is 0.193 e. The van der Waals surface area contributed by atoms with Crippen LogP contribution in [0.4, 0.5) is 5.69 Å². The van der Waals surface area contributed by atoms with Crippen LogP contribution in [0.5, 0.6) is 17.2 Å². The van der Waals surface area contributed by atoms with E-state index in [-0.39, 0.29) is 5.96 Å². The van der Waals surface area contributed by atoms with E-state index in [1.54, 1.807) is 20.3 Å². The summed E-state index contributed by atoms with van der Waals surface area (Å²) in [5.74, 6) is 2.45. The molecule has 0 atom stereocenters. The lowest BCUT2D eigenvalue weighted by atomic mass is 10.2. The fourth-order valence-corrected chi connectivity index (χ4v) is 2.37. The Kier molecular flexibility index (Phi) is 7.76. The minimum Gasteiger partial charge on any atom is -0.497 e. The number of nitrogens with zero attached hydrogens (tertiary/aromatic N) is 2. The molecule has 0 aliphatic heterocycles. The molecule has 146 valence electrons. The second-order valence-corrected chi connectivity index (χ2v) is 6.15. The average Bonchev–Trinajstić information content (AvgIpc) is 2.67. The third-order valence-electron chi connectivity index (χ3n) is 3.86. The molecule has 0 saturated carbocycles. The van der Waals surface area contributed by atoms with Gasteiger partial charge in [0.05, 0.1) is 26.5 Å². The summed E-state index contributed by atoms with van der Waals surface area (Å²) in [6.45, 7) is 1.86. The van der Waals surface area contributed by atoms with Gasteiger partial charge in [0.15, 0.2) is 5.96 Å². The van der Waals surface area contributed by atoms with E-state index in [4.69, 9.17) is 19.9 Å². The van der Waals surface area contributed by atoms with Gasteiger partial charge in [-0.3, -0.25) is 0 Å². The number of rotatable bonds is 9. The number of benzene rings is 2. The van der Waals surface area contributed by atoms with Gasteiger partial charge in [-0.2, -0.15) is 0 Å². The molecule has 27 heavy (non-hydrogen) atoms. The van der Waals surface area contributed by atoms with Gasteiger partial charge in [0.1, 0.15) is 23.9 Å². The van der Waals surface area contributed by atoms with E-state index >= 15 is 0 Å². The van der Waals surface area contributed by atoms with E-state index < -0.39 is 0 Å². The van der Waals surface area contributed by atoms with Crippen molar-refractivity contribution in [3.63, 3.8) is 0 Å². The predicted octanol–water partition coefficient (Wildman–Crippen LogP) is 2.57. The molecule has 0 aromatic heterocycles. The Bertz CT molecular complexity index is 763. The Hall–Kier alpha value is -2.93. The number of methoxy groups -OCH3 is 2. The first-order valence-electron chi connectivity index (χ1n) is 8.68. The quantitative estimate of drug-likeness (QED) is 0.520. The number of hydrogen-bond acceptors (Lipinski definition) is 5. The van der Waals surface area contributed by atoms with Crippen molar-refractivity contribution >= 4 is 11.6 Å². The van der Waals surface area contributed by atoms with E-state index in [9.17, 15) is 0 Å². The second kappa shape index (κ2) is 10.3. The lowest BCUT2D eigenvalue weighted by Crippen LogP contribution is -2.23. The van der Waals surface area contributed by atoms with E-state index in [0.717, 1.165) is 17.9 Å². The fourth-order valence-electron chi connectivity index (χ4n) is 2.37. The van der Waals surface area contributed by atoms with E-state index in [1.807, 2.05) is 50.5 Å². The highest BCUT2D eigenvalue weighted by Gasteiger charge is 2.07. The highest BCUT2D eigenvalue weighted by molar-refractivity contribution is 5.94. The van der Waals surface area contributed by atoms with Crippen molar-refractivity contribution in [2.75, 3.05) is 46.8 Å². The fraction of sp³-hybridized carbons (Fsp3) is 0.350. The van der Waals surface area contributed by atoms with Crippen LogP contribution in [0, 0.1) is 0 Å². The monoisotopic (exact) mass is 372 g/mol. The molecule has 2 aromatic carbocycles. The van der Waals surface area contributed by atoms with Crippen molar-refractivity contribution in [1.29, 1.82) is 0 Å². The molecule has 7 nitrogen and oxygen atoms in total. The van der Waals surface area contributed by atoms with Crippen LogP contribution >= 0.6 is 0 Å². The van der Waals surface area contributed by atoms with Gasteiger partial charge in [-0.1, -0.05) is 18.2 Å². The normalized spacial score (nSPS) is 11.4. The minimum atomic E-state index is 0.282. The Balaban J connectivity index is 2.06. The highest BCUT2D eigenvalue weighted by Crippen LogP contribution is 2.28. The van der Waals surface area contributed by atoms with Crippen molar-refractivity contribution in [3.8, 4) is 17.2 Å². The molecule has 0 unspecified atom stereocenters. The molecule has 0 radical (unpaired) electrons. The molecule has 2 rings (SSSR count). The number of nitrogens with two attached hydrogens (primary N) is 1. The molecule has 3 N–H and O–H groups in total. The summed E-state index contributed by atoms with van der Waals surface area (Å²) in [5.41, 5.74) is 7.71. The van der Waals surface area contributed by atoms with Gasteiger partial charge in [0.2, 0.25) is 0 Å². The van der Waals surface area contributed by atoms with Crippen LogP contribution in [-0.4, -0.2) is 52.3 Å². The van der Waals surface area contributed by atoms with Gasteiger partial charge >= 0.3 is 0 Å². The van der Waals surface area contributed by atoms with Gasteiger partial charge in [-0.05, 0) is 32.3 Å². The molecule has 0 saturated heterocycles. The summed E-state index contributed by atoms with van der Waals surface area (Å²) in [4.78, 5) is 6.49. The number of ether oxygens (including phenoxy) is 3. The van der Waals surface area contributed by atoms with Gasteiger partial charge in [0.25, 0.3) is 0 Å². The van der Waals surface area contributed by atoms with Crippen LogP contribution in [0.3, 0.4) is 0 Å². The second-order valence-electron chi connectivity index (χ2n) is 6.15. The maximum atomic E-state index is 6.05. The van der Waals surface area contributed by atoms with Crippen LogP contribution < -0.4 is 25.3 Å². The summed E-state index contributed by atoms with van der Waals surface area (Å²) < 4.78 is 16.4. The SMILES string of the molecule is COc1ccc(OC)c(NC(N)=NCc2ccccc2OCCN(C)C)c1. The zero-order valence-electron chi connectivity index (χ0n) is 16.4. The molecule has 2 aromatic rings. The zero-order chi connectivity index (χ0) is 19.6. The van der Waals surface area contributed by atoms with E-state index in [2.05, 4.69) is 15.2 Å². The Morgan fingerprint density at radius 1 is 1.07 bits per heavy atom. The molecular formula is C20H28N4O3. The van der Waals surface area contributed by atoms with Crippen molar-refractivity contribution in [3.05, 3.63) is 48.0 Å². The number of nitrogens with one attached hydrogen (secondary N) is 1. The van der Waals surface area contributed by atoms with Gasteiger partial charge < -0.3 is 30.2 Å². The predicted molar refractivity (Wildman–Crippen MR) is 109 cm³/mol. The van der Waals surface area contributed by atoms with Crippen molar-refractivity contribution in [1.82, 2.24) is 4.90 Å². The van der Waals surface area contributed by atoms with Crippen molar-refractivity contribution in [2.45, 2.75) is 6.54 Å². The van der Waals surface area contributed by atoms with Crippen LogP contribution in [-0.2, 0) is 6.54 Å². The van der Waals surface area contributed by atoms with Crippen LogP contribution in [0.15, 0.2) is 47.5 Å². The number of hydrogen-bond donors (Lipinski definition) is 2. The number of para-hydroxylation sites is 1. The lowest BCUT2D eigenvalue weighted by molar-refractivity contribution is 0.259. The molecule has 0 aliphatic rings. The third-order valence-corrected chi connectivity index (χ3v) is 3.86. The number of anilines is 1. The Labute approximate surface area is 160 Å². The van der Waals surface area contributed by atoms with Crippen molar-refractivity contribution < 1.29 is 14.2 Å². The lowest BCUT2D eigenvalue weighted by Gasteiger charge is -2.14. The Morgan fingerprint density at radius 3 is 2.56 bits per heavy atom. The average molecular weight is 372 g/mol. The molecule has 0 heterocycles. The summed E-state index contributed by atoms with van der Waals surface area (Å²) in [6.07, 6.45) is 0. The standard InChI is InChI=1S/C20H28N4O3/c1-24(2)11-12-27-18-8-6-5-7-15(18)14-22-20(21)23-17-13-16(25-3)9-10-19(17)26-4/h5-10,13H,11-12,14H2,1-4H3,(H3,21,22,23). The first-order valence-corrected chi connectivity index (χ1v) is 8.68. The van der Waals surface area contributed by atoms with Crippen molar-refractivity contribution in [2.24, 2.45) is 10.7 Å². The summed E-state index contributed by atoms with van der Waals surface area (Å²) in [6, 6.07) is 13.3. The van der Waals surface area contributed by atoms with Crippen LogP contribution in [0.1, 0.15) is 5.56 Å². The molecule has 0 fully saturated rings. The maximum Gasteiger partial charge on any atom is 0.193 e. The first-order chi connectivity index (χ1) is 13.0. The van der Waals surface area contributed by atoms with Crippen LogP contribution in [0.25, 0.3) is 0 Å². The third kappa shape index (κ3) is 6.38.